The van der Waals surface area contributed by atoms with Gasteiger partial charge in [0.15, 0.2) is 0 Å². The Morgan fingerprint density at radius 1 is 1.55 bits per heavy atom. The molecule has 2 rings (SSSR count). The van der Waals surface area contributed by atoms with E-state index in [2.05, 4.69) is 0 Å². The van der Waals surface area contributed by atoms with Crippen LogP contribution in [0.3, 0.4) is 0 Å². The molecule has 1 aliphatic heterocycles. The third kappa shape index (κ3) is 2.83. The fourth-order valence-corrected chi connectivity index (χ4v) is 2.63. The predicted octanol–water partition coefficient (Wildman–Crippen LogP) is 2.31. The number of halogens is 1. The summed E-state index contributed by atoms with van der Waals surface area (Å²) in [5, 5.41) is 9.44. The van der Waals surface area contributed by atoms with Crippen LogP contribution in [0, 0.1) is 11.2 Å². The van der Waals surface area contributed by atoms with Gasteiger partial charge < -0.3 is 9.84 Å². The highest BCUT2D eigenvalue weighted by molar-refractivity contribution is 5.75. The van der Waals surface area contributed by atoms with Crippen molar-refractivity contribution in [2.24, 2.45) is 5.41 Å². The molecule has 110 valence electrons. The quantitative estimate of drug-likeness (QED) is 0.900. The third-order valence-electron chi connectivity index (χ3n) is 4.13. The van der Waals surface area contributed by atoms with Crippen LogP contribution in [-0.4, -0.2) is 42.8 Å². The largest absolute Gasteiger partial charge is 0.481 e. The average molecular weight is 281 g/mol. The van der Waals surface area contributed by atoms with Crippen LogP contribution in [0.15, 0.2) is 24.3 Å². The summed E-state index contributed by atoms with van der Waals surface area (Å²) in [4.78, 5) is 13.4. The molecule has 0 bridgehead atoms. The second-order valence-corrected chi connectivity index (χ2v) is 5.50. The van der Waals surface area contributed by atoms with Crippen LogP contribution in [0.25, 0.3) is 0 Å². The summed E-state index contributed by atoms with van der Waals surface area (Å²) in [7, 11) is 1.82. The van der Waals surface area contributed by atoms with E-state index < -0.39 is 11.4 Å². The molecular weight excluding hydrogens is 261 g/mol. The number of hydrogen-bond acceptors (Lipinski definition) is 3. The fraction of sp³-hybridized carbons (Fsp3) is 0.533. The van der Waals surface area contributed by atoms with Gasteiger partial charge in [0.1, 0.15) is 11.2 Å². The molecular formula is C15H20FNO3. The van der Waals surface area contributed by atoms with Crippen LogP contribution in [0.4, 0.5) is 4.39 Å². The SMILES string of the molecule is CC(c1ccccc1F)N(C)CC1(C(=O)O)CCOC1. The number of carboxylic acids is 1. The molecule has 1 saturated heterocycles. The molecule has 1 fully saturated rings. The number of rotatable bonds is 5. The molecule has 0 spiro atoms. The Hall–Kier alpha value is -1.46. The van der Waals surface area contributed by atoms with Crippen molar-refractivity contribution >= 4 is 5.97 Å². The third-order valence-corrected chi connectivity index (χ3v) is 4.13. The van der Waals surface area contributed by atoms with E-state index >= 15 is 0 Å². The van der Waals surface area contributed by atoms with Gasteiger partial charge in [0.2, 0.25) is 0 Å². The van der Waals surface area contributed by atoms with Crippen molar-refractivity contribution in [1.82, 2.24) is 4.90 Å². The number of aliphatic carboxylic acids is 1. The first-order valence-corrected chi connectivity index (χ1v) is 6.72. The minimum Gasteiger partial charge on any atom is -0.481 e. The molecule has 5 heteroatoms. The van der Waals surface area contributed by atoms with Crippen LogP contribution >= 0.6 is 0 Å². The van der Waals surface area contributed by atoms with Crippen molar-refractivity contribution in [2.75, 3.05) is 26.8 Å². The summed E-state index contributed by atoms with van der Waals surface area (Å²) in [5.74, 6) is -1.11. The first-order chi connectivity index (χ1) is 9.46. The Morgan fingerprint density at radius 2 is 2.25 bits per heavy atom. The Bertz CT molecular complexity index is 486. The van der Waals surface area contributed by atoms with Crippen LogP contribution in [0.2, 0.25) is 0 Å². The highest BCUT2D eigenvalue weighted by Crippen LogP contribution is 2.32. The lowest BCUT2D eigenvalue weighted by molar-refractivity contribution is -0.150. The molecule has 0 saturated carbocycles. The Kier molecular flexibility index (Phi) is 4.40. The Balaban J connectivity index is 2.13. The van der Waals surface area contributed by atoms with E-state index in [1.807, 2.05) is 18.9 Å². The van der Waals surface area contributed by atoms with E-state index in [0.717, 1.165) is 0 Å². The Morgan fingerprint density at radius 3 is 2.80 bits per heavy atom. The first kappa shape index (κ1) is 14.9. The molecule has 1 aromatic carbocycles. The number of hydrogen-bond donors (Lipinski definition) is 1. The zero-order chi connectivity index (χ0) is 14.8. The molecule has 1 N–H and O–H groups in total. The Labute approximate surface area is 118 Å². The van der Waals surface area contributed by atoms with Crippen LogP contribution < -0.4 is 0 Å². The van der Waals surface area contributed by atoms with E-state index in [0.29, 0.717) is 25.1 Å². The number of ether oxygens (including phenoxy) is 1. The number of carboxylic acid groups (broad SMARTS) is 1. The van der Waals surface area contributed by atoms with E-state index in [-0.39, 0.29) is 18.5 Å². The second kappa shape index (κ2) is 5.89. The molecule has 2 atom stereocenters. The zero-order valence-corrected chi connectivity index (χ0v) is 11.8. The van der Waals surface area contributed by atoms with Gasteiger partial charge in [-0.1, -0.05) is 18.2 Å². The van der Waals surface area contributed by atoms with Gasteiger partial charge in [0.25, 0.3) is 0 Å². The standard InChI is InChI=1S/C15H20FNO3/c1-11(12-5-3-4-6-13(12)16)17(2)9-15(14(18)19)7-8-20-10-15/h3-6,11H,7-10H2,1-2H3,(H,18,19). The number of benzene rings is 1. The maximum atomic E-state index is 13.8. The topological polar surface area (TPSA) is 49.8 Å². The number of nitrogens with zero attached hydrogens (tertiary/aromatic N) is 1. The lowest BCUT2D eigenvalue weighted by Crippen LogP contribution is -2.43. The maximum absolute atomic E-state index is 13.8. The predicted molar refractivity (Wildman–Crippen MR) is 72.9 cm³/mol. The van der Waals surface area contributed by atoms with E-state index in [1.165, 1.54) is 6.07 Å². The molecule has 20 heavy (non-hydrogen) atoms. The van der Waals surface area contributed by atoms with Crippen molar-refractivity contribution in [3.05, 3.63) is 35.6 Å². The lowest BCUT2D eigenvalue weighted by Gasteiger charge is -2.32. The monoisotopic (exact) mass is 281 g/mol. The molecule has 0 aliphatic carbocycles. The van der Waals surface area contributed by atoms with E-state index in [9.17, 15) is 14.3 Å². The summed E-state index contributed by atoms with van der Waals surface area (Å²) in [5.41, 5.74) is -0.302. The van der Waals surface area contributed by atoms with Crippen molar-refractivity contribution in [2.45, 2.75) is 19.4 Å². The number of carbonyl (C=O) groups is 1. The molecule has 1 aliphatic rings. The molecule has 0 radical (unpaired) electrons. The minimum absolute atomic E-state index is 0.187. The summed E-state index contributed by atoms with van der Waals surface area (Å²) >= 11 is 0. The van der Waals surface area contributed by atoms with Crippen molar-refractivity contribution < 1.29 is 19.0 Å². The van der Waals surface area contributed by atoms with E-state index in [1.54, 1.807) is 18.2 Å². The molecule has 2 unspecified atom stereocenters. The summed E-state index contributed by atoms with van der Waals surface area (Å²) in [6.07, 6.45) is 0.497. The summed E-state index contributed by atoms with van der Waals surface area (Å²) < 4.78 is 19.1. The van der Waals surface area contributed by atoms with Crippen LogP contribution in [0.5, 0.6) is 0 Å². The van der Waals surface area contributed by atoms with Crippen molar-refractivity contribution in [3.8, 4) is 0 Å². The lowest BCUT2D eigenvalue weighted by atomic mass is 9.86. The van der Waals surface area contributed by atoms with Gasteiger partial charge in [-0.3, -0.25) is 9.69 Å². The minimum atomic E-state index is -0.881. The van der Waals surface area contributed by atoms with Gasteiger partial charge in [-0.25, -0.2) is 4.39 Å². The normalized spacial score (nSPS) is 24.0. The van der Waals surface area contributed by atoms with Gasteiger partial charge in [0, 0.05) is 24.8 Å². The van der Waals surface area contributed by atoms with Gasteiger partial charge in [0.05, 0.1) is 6.61 Å². The molecule has 4 nitrogen and oxygen atoms in total. The van der Waals surface area contributed by atoms with Crippen molar-refractivity contribution in [1.29, 1.82) is 0 Å². The molecule has 1 heterocycles. The van der Waals surface area contributed by atoms with Gasteiger partial charge in [-0.05, 0) is 26.5 Å². The highest BCUT2D eigenvalue weighted by Gasteiger charge is 2.44. The van der Waals surface area contributed by atoms with Crippen LogP contribution in [0.1, 0.15) is 24.9 Å². The average Bonchev–Trinajstić information content (AvgIpc) is 2.88. The van der Waals surface area contributed by atoms with E-state index in [4.69, 9.17) is 4.74 Å². The zero-order valence-electron chi connectivity index (χ0n) is 11.8. The van der Waals surface area contributed by atoms with Gasteiger partial charge >= 0.3 is 5.97 Å². The summed E-state index contributed by atoms with van der Waals surface area (Å²) in [6.45, 7) is 2.91. The van der Waals surface area contributed by atoms with Crippen LogP contribution in [-0.2, 0) is 9.53 Å². The molecule has 1 aromatic rings. The summed E-state index contributed by atoms with van der Waals surface area (Å²) in [6, 6.07) is 6.40. The van der Waals surface area contributed by atoms with Crippen molar-refractivity contribution in [3.63, 3.8) is 0 Å². The van der Waals surface area contributed by atoms with Gasteiger partial charge in [-0.15, -0.1) is 0 Å². The second-order valence-electron chi connectivity index (χ2n) is 5.50. The first-order valence-electron chi connectivity index (χ1n) is 6.72. The fourth-order valence-electron chi connectivity index (χ4n) is 2.63. The van der Waals surface area contributed by atoms with Gasteiger partial charge in [-0.2, -0.15) is 0 Å². The maximum Gasteiger partial charge on any atom is 0.313 e. The molecule has 0 amide bonds. The molecule has 0 aromatic heterocycles. The smallest absolute Gasteiger partial charge is 0.313 e. The highest BCUT2D eigenvalue weighted by atomic mass is 19.1.